The first-order valence-electron chi connectivity index (χ1n) is 6.69. The molecule has 1 aliphatic carbocycles. The van der Waals surface area contributed by atoms with Gasteiger partial charge in [-0.25, -0.2) is 8.78 Å². The molecule has 0 radical (unpaired) electrons. The van der Waals surface area contributed by atoms with Crippen molar-refractivity contribution in [2.45, 2.75) is 24.8 Å². The van der Waals surface area contributed by atoms with Crippen molar-refractivity contribution in [1.29, 1.82) is 0 Å². The van der Waals surface area contributed by atoms with Crippen LogP contribution >= 0.6 is 27.5 Å². The molecule has 2 aromatic rings. The average Bonchev–Trinajstić information content (AvgIpc) is 2.35. The Kier molecular flexibility index (Phi) is 4.18. The number of rotatable bonds is 3. The molecular formula is C16H13BrClF2N. The maximum atomic E-state index is 13.8. The van der Waals surface area contributed by atoms with Crippen molar-refractivity contribution in [3.8, 4) is 0 Å². The monoisotopic (exact) mass is 371 g/mol. The number of hydrogen-bond acceptors (Lipinski definition) is 1. The molecule has 0 unspecified atom stereocenters. The van der Waals surface area contributed by atoms with Crippen molar-refractivity contribution < 1.29 is 8.78 Å². The molecule has 2 aromatic carbocycles. The average molecular weight is 373 g/mol. The summed E-state index contributed by atoms with van der Waals surface area (Å²) in [5.74, 6) is -0.730. The van der Waals surface area contributed by atoms with Crippen molar-refractivity contribution in [3.63, 3.8) is 0 Å². The van der Waals surface area contributed by atoms with Gasteiger partial charge in [0.1, 0.15) is 11.6 Å². The van der Waals surface area contributed by atoms with Gasteiger partial charge in [-0.05, 0) is 58.5 Å². The summed E-state index contributed by atoms with van der Waals surface area (Å²) in [4.78, 5) is 0. The van der Waals surface area contributed by atoms with Gasteiger partial charge in [0.25, 0.3) is 0 Å². The first-order valence-corrected chi connectivity index (χ1v) is 7.86. The molecule has 1 nitrogen and oxygen atoms in total. The summed E-state index contributed by atoms with van der Waals surface area (Å²) in [5.41, 5.74) is 1.53. The Hall–Kier alpha value is -1.13. The van der Waals surface area contributed by atoms with E-state index in [1.54, 1.807) is 0 Å². The molecule has 1 saturated carbocycles. The molecular weight excluding hydrogens is 360 g/mol. The SMILES string of the molecule is Fc1cc(F)c(NC2CC(c3cccc(Cl)c3)C2)c(Br)c1. The van der Waals surface area contributed by atoms with Crippen LogP contribution in [0.2, 0.25) is 5.02 Å². The number of anilines is 1. The Labute approximate surface area is 135 Å². The fourth-order valence-electron chi connectivity index (χ4n) is 2.65. The fourth-order valence-corrected chi connectivity index (χ4v) is 3.37. The van der Waals surface area contributed by atoms with Crippen LogP contribution < -0.4 is 5.32 Å². The Morgan fingerprint density at radius 1 is 1.14 bits per heavy atom. The predicted octanol–water partition coefficient (Wildman–Crippen LogP) is 5.74. The molecule has 110 valence electrons. The molecule has 0 aliphatic heterocycles. The second kappa shape index (κ2) is 5.93. The molecule has 5 heteroatoms. The third-order valence-electron chi connectivity index (χ3n) is 3.81. The van der Waals surface area contributed by atoms with Crippen molar-refractivity contribution in [2.24, 2.45) is 0 Å². The van der Waals surface area contributed by atoms with E-state index in [9.17, 15) is 8.78 Å². The van der Waals surface area contributed by atoms with Crippen LogP contribution in [0, 0.1) is 11.6 Å². The molecule has 21 heavy (non-hydrogen) atoms. The molecule has 0 aromatic heterocycles. The number of nitrogens with one attached hydrogen (secondary N) is 1. The zero-order chi connectivity index (χ0) is 15.0. The lowest BCUT2D eigenvalue weighted by Gasteiger charge is -2.37. The van der Waals surface area contributed by atoms with Gasteiger partial charge in [0.05, 0.1) is 5.69 Å². The molecule has 1 fully saturated rings. The minimum Gasteiger partial charge on any atom is -0.379 e. The fraction of sp³-hybridized carbons (Fsp3) is 0.250. The van der Waals surface area contributed by atoms with E-state index in [1.165, 1.54) is 11.6 Å². The van der Waals surface area contributed by atoms with Crippen LogP contribution in [0.25, 0.3) is 0 Å². The summed E-state index contributed by atoms with van der Waals surface area (Å²) in [6.07, 6.45) is 1.81. The standard InChI is InChI=1S/C16H13BrClF2N/c17-14-7-12(19)8-15(20)16(14)21-13-5-10(6-13)9-2-1-3-11(18)4-9/h1-4,7-8,10,13,21H,5-6H2. The molecule has 0 spiro atoms. The van der Waals surface area contributed by atoms with Crippen molar-refractivity contribution in [1.82, 2.24) is 0 Å². The highest BCUT2D eigenvalue weighted by Gasteiger charge is 2.31. The van der Waals surface area contributed by atoms with E-state index in [4.69, 9.17) is 11.6 Å². The van der Waals surface area contributed by atoms with E-state index in [0.29, 0.717) is 16.1 Å². The predicted molar refractivity (Wildman–Crippen MR) is 84.9 cm³/mol. The first-order chi connectivity index (χ1) is 10.0. The third kappa shape index (κ3) is 3.22. The van der Waals surface area contributed by atoms with E-state index in [-0.39, 0.29) is 6.04 Å². The minimum absolute atomic E-state index is 0.185. The van der Waals surface area contributed by atoms with Crippen LogP contribution in [-0.4, -0.2) is 6.04 Å². The summed E-state index contributed by atoms with van der Waals surface area (Å²) >= 11 is 9.17. The molecule has 1 aliphatic rings. The van der Waals surface area contributed by atoms with E-state index < -0.39 is 11.6 Å². The Bertz CT molecular complexity index is 648. The second-order valence-corrected chi connectivity index (χ2v) is 6.60. The van der Waals surface area contributed by atoms with Gasteiger partial charge < -0.3 is 5.32 Å². The molecule has 0 amide bonds. The van der Waals surface area contributed by atoms with Gasteiger partial charge in [-0.1, -0.05) is 23.7 Å². The lowest BCUT2D eigenvalue weighted by molar-refractivity contribution is 0.372. The van der Waals surface area contributed by atoms with Crippen molar-refractivity contribution >= 4 is 33.2 Å². The summed E-state index contributed by atoms with van der Waals surface area (Å²) < 4.78 is 27.2. The van der Waals surface area contributed by atoms with Gasteiger partial charge in [0.15, 0.2) is 0 Å². The zero-order valence-corrected chi connectivity index (χ0v) is 13.4. The highest BCUT2D eigenvalue weighted by molar-refractivity contribution is 9.10. The number of hydrogen-bond donors (Lipinski definition) is 1. The smallest absolute Gasteiger partial charge is 0.150 e. The molecule has 0 atom stereocenters. The van der Waals surface area contributed by atoms with Crippen molar-refractivity contribution in [3.05, 3.63) is 63.1 Å². The van der Waals surface area contributed by atoms with Gasteiger partial charge in [0, 0.05) is 21.6 Å². The van der Waals surface area contributed by atoms with E-state index >= 15 is 0 Å². The maximum Gasteiger partial charge on any atom is 0.150 e. The van der Waals surface area contributed by atoms with Crippen molar-refractivity contribution in [2.75, 3.05) is 5.32 Å². The normalized spacial score (nSPS) is 21.0. The Balaban J connectivity index is 1.65. The highest BCUT2D eigenvalue weighted by atomic mass is 79.9. The Morgan fingerprint density at radius 2 is 1.90 bits per heavy atom. The quantitative estimate of drug-likeness (QED) is 0.724. The number of halogens is 4. The van der Waals surface area contributed by atoms with Crippen LogP contribution in [0.3, 0.4) is 0 Å². The summed E-state index contributed by atoms with van der Waals surface area (Å²) in [6.45, 7) is 0. The summed E-state index contributed by atoms with van der Waals surface area (Å²) in [6, 6.07) is 10.2. The summed E-state index contributed by atoms with van der Waals surface area (Å²) in [5, 5.41) is 3.87. The van der Waals surface area contributed by atoms with E-state index in [0.717, 1.165) is 23.9 Å². The molecule has 3 rings (SSSR count). The lowest BCUT2D eigenvalue weighted by Crippen LogP contribution is -2.34. The van der Waals surface area contributed by atoms with Gasteiger partial charge >= 0.3 is 0 Å². The van der Waals surface area contributed by atoms with Crippen LogP contribution in [0.1, 0.15) is 24.3 Å². The maximum absolute atomic E-state index is 13.8. The molecule has 1 N–H and O–H groups in total. The highest BCUT2D eigenvalue weighted by Crippen LogP contribution is 2.40. The van der Waals surface area contributed by atoms with Gasteiger partial charge in [0.2, 0.25) is 0 Å². The van der Waals surface area contributed by atoms with Gasteiger partial charge in [-0.15, -0.1) is 0 Å². The second-order valence-electron chi connectivity index (χ2n) is 5.31. The minimum atomic E-state index is -0.588. The Morgan fingerprint density at radius 3 is 2.57 bits per heavy atom. The topological polar surface area (TPSA) is 12.0 Å². The molecule has 0 heterocycles. The van der Waals surface area contributed by atoms with Crippen LogP contribution in [-0.2, 0) is 0 Å². The van der Waals surface area contributed by atoms with E-state index in [1.807, 2.05) is 18.2 Å². The lowest BCUT2D eigenvalue weighted by atomic mass is 9.76. The third-order valence-corrected chi connectivity index (χ3v) is 4.67. The number of benzene rings is 2. The van der Waals surface area contributed by atoms with E-state index in [2.05, 4.69) is 27.3 Å². The molecule has 0 saturated heterocycles. The van der Waals surface area contributed by atoms with Gasteiger partial charge in [-0.2, -0.15) is 0 Å². The van der Waals surface area contributed by atoms with Crippen LogP contribution in [0.5, 0.6) is 0 Å². The molecule has 0 bridgehead atoms. The summed E-state index contributed by atoms with van der Waals surface area (Å²) in [7, 11) is 0. The first kappa shape index (κ1) is 14.8. The largest absolute Gasteiger partial charge is 0.379 e. The van der Waals surface area contributed by atoms with Crippen LogP contribution in [0.4, 0.5) is 14.5 Å². The van der Waals surface area contributed by atoms with Gasteiger partial charge in [-0.3, -0.25) is 0 Å². The zero-order valence-electron chi connectivity index (χ0n) is 11.0. The van der Waals surface area contributed by atoms with Crippen LogP contribution in [0.15, 0.2) is 40.9 Å².